The van der Waals surface area contributed by atoms with Gasteiger partial charge in [0.15, 0.2) is 0 Å². The molecule has 3 nitrogen and oxygen atoms in total. The third-order valence-electron chi connectivity index (χ3n) is 5.01. The number of anilines is 1. The number of carbonyl (C=O) groups is 1. The van der Waals surface area contributed by atoms with Crippen molar-refractivity contribution in [2.75, 3.05) is 5.32 Å². The fraction of sp³-hybridized carbons (Fsp3) is 0.316. The van der Waals surface area contributed by atoms with Crippen LogP contribution in [0.3, 0.4) is 0 Å². The highest BCUT2D eigenvalue weighted by Crippen LogP contribution is 2.38. The lowest BCUT2D eigenvalue weighted by atomic mass is 9.88. The molecule has 2 aliphatic rings. The van der Waals surface area contributed by atoms with E-state index in [9.17, 15) is 4.79 Å². The summed E-state index contributed by atoms with van der Waals surface area (Å²) in [6, 6.07) is 6.26. The number of aromatic amines is 1. The molecular formula is C19H19IN2O. The molecule has 0 saturated carbocycles. The van der Waals surface area contributed by atoms with Crippen LogP contribution in [0, 0.1) is 10.5 Å². The second-order valence-electron chi connectivity index (χ2n) is 6.56. The monoisotopic (exact) mass is 418 g/mol. The van der Waals surface area contributed by atoms with Gasteiger partial charge in [0.1, 0.15) is 0 Å². The molecule has 2 aromatic rings. The Morgan fingerprint density at radius 2 is 2.17 bits per heavy atom. The minimum Gasteiger partial charge on any atom is -0.359 e. The van der Waals surface area contributed by atoms with Gasteiger partial charge in [-0.3, -0.25) is 4.79 Å². The number of halogens is 1. The number of benzene rings is 1. The molecule has 0 fully saturated rings. The predicted molar refractivity (Wildman–Crippen MR) is 103 cm³/mol. The maximum Gasteiger partial charge on any atom is 0.256 e. The van der Waals surface area contributed by atoms with Gasteiger partial charge in [0.05, 0.1) is 5.57 Å². The number of amides is 1. The second-order valence-corrected chi connectivity index (χ2v) is 7.72. The van der Waals surface area contributed by atoms with E-state index in [0.717, 1.165) is 34.5 Å². The molecule has 1 aromatic carbocycles. The van der Waals surface area contributed by atoms with Gasteiger partial charge in [0.2, 0.25) is 0 Å². The predicted octanol–water partition coefficient (Wildman–Crippen LogP) is 4.86. The Morgan fingerprint density at radius 1 is 1.35 bits per heavy atom. The molecule has 1 aliphatic carbocycles. The molecule has 1 amide bonds. The molecule has 1 aliphatic heterocycles. The number of aryl methyl sites for hydroxylation is 1. The normalized spacial score (nSPS) is 21.3. The van der Waals surface area contributed by atoms with Crippen molar-refractivity contribution in [1.29, 1.82) is 0 Å². The Morgan fingerprint density at radius 3 is 2.96 bits per heavy atom. The summed E-state index contributed by atoms with van der Waals surface area (Å²) >= 11 is 2.32. The van der Waals surface area contributed by atoms with E-state index >= 15 is 0 Å². The van der Waals surface area contributed by atoms with E-state index < -0.39 is 0 Å². The SMILES string of the molecule is Cc1c(I)ccc2c1C(=Cc1cc3c([nH]1)CCCC3C)C(=O)N2. The number of H-pyrrole nitrogens is 1. The van der Waals surface area contributed by atoms with Crippen molar-refractivity contribution in [2.24, 2.45) is 0 Å². The average molecular weight is 418 g/mol. The highest BCUT2D eigenvalue weighted by atomic mass is 127. The molecule has 0 spiro atoms. The van der Waals surface area contributed by atoms with Crippen LogP contribution < -0.4 is 5.32 Å². The van der Waals surface area contributed by atoms with Crippen molar-refractivity contribution in [2.45, 2.75) is 39.0 Å². The summed E-state index contributed by atoms with van der Waals surface area (Å²) in [6.07, 6.45) is 5.62. The Kier molecular flexibility index (Phi) is 3.59. The fourth-order valence-electron chi connectivity index (χ4n) is 3.74. The lowest BCUT2D eigenvalue weighted by Gasteiger charge is -2.17. The summed E-state index contributed by atoms with van der Waals surface area (Å²) in [4.78, 5) is 15.9. The van der Waals surface area contributed by atoms with Crippen molar-refractivity contribution >= 4 is 45.8 Å². The van der Waals surface area contributed by atoms with E-state index in [-0.39, 0.29) is 5.91 Å². The van der Waals surface area contributed by atoms with E-state index in [0.29, 0.717) is 5.92 Å². The third kappa shape index (κ3) is 2.43. The number of rotatable bonds is 1. The molecule has 0 saturated heterocycles. The third-order valence-corrected chi connectivity index (χ3v) is 6.18. The molecule has 4 rings (SSSR count). The minimum atomic E-state index is -0.00859. The van der Waals surface area contributed by atoms with Crippen LogP contribution in [0.4, 0.5) is 5.69 Å². The zero-order valence-electron chi connectivity index (χ0n) is 13.3. The molecule has 118 valence electrons. The number of nitrogens with one attached hydrogen (secondary N) is 2. The van der Waals surface area contributed by atoms with Crippen LogP contribution in [0.2, 0.25) is 0 Å². The number of fused-ring (bicyclic) bond motifs is 2. The van der Waals surface area contributed by atoms with E-state index in [2.05, 4.69) is 52.8 Å². The quantitative estimate of drug-likeness (QED) is 0.504. The first-order valence-corrected chi connectivity index (χ1v) is 9.17. The molecular weight excluding hydrogens is 399 g/mol. The van der Waals surface area contributed by atoms with Crippen LogP contribution in [0.5, 0.6) is 0 Å². The summed E-state index contributed by atoms with van der Waals surface area (Å²) in [6.45, 7) is 4.36. The highest BCUT2D eigenvalue weighted by molar-refractivity contribution is 14.1. The van der Waals surface area contributed by atoms with Crippen molar-refractivity contribution in [3.63, 3.8) is 0 Å². The Bertz CT molecular complexity index is 847. The smallest absolute Gasteiger partial charge is 0.256 e. The zero-order chi connectivity index (χ0) is 16.1. The van der Waals surface area contributed by atoms with Crippen LogP contribution in [0.25, 0.3) is 11.6 Å². The van der Waals surface area contributed by atoms with E-state index in [1.807, 2.05) is 18.2 Å². The zero-order valence-corrected chi connectivity index (χ0v) is 15.5. The van der Waals surface area contributed by atoms with Gasteiger partial charge < -0.3 is 10.3 Å². The highest BCUT2D eigenvalue weighted by Gasteiger charge is 2.27. The minimum absolute atomic E-state index is 0.00859. The molecule has 4 heteroatoms. The second kappa shape index (κ2) is 5.51. The maximum atomic E-state index is 12.4. The Hall–Kier alpha value is -1.56. The van der Waals surface area contributed by atoms with E-state index in [1.54, 1.807) is 0 Å². The van der Waals surface area contributed by atoms with Crippen LogP contribution in [-0.2, 0) is 11.2 Å². The van der Waals surface area contributed by atoms with E-state index in [4.69, 9.17) is 0 Å². The summed E-state index contributed by atoms with van der Waals surface area (Å²) in [5.74, 6) is 0.597. The number of aromatic nitrogens is 1. The lowest BCUT2D eigenvalue weighted by Crippen LogP contribution is -2.04. The van der Waals surface area contributed by atoms with Gasteiger partial charge >= 0.3 is 0 Å². The molecule has 2 heterocycles. The number of carbonyl (C=O) groups excluding carboxylic acids is 1. The van der Waals surface area contributed by atoms with Gasteiger partial charge in [-0.2, -0.15) is 0 Å². The van der Waals surface area contributed by atoms with Crippen LogP contribution in [-0.4, -0.2) is 10.9 Å². The largest absolute Gasteiger partial charge is 0.359 e. The van der Waals surface area contributed by atoms with Gasteiger partial charge in [-0.25, -0.2) is 0 Å². The van der Waals surface area contributed by atoms with E-state index in [1.165, 1.54) is 27.7 Å². The van der Waals surface area contributed by atoms with Crippen LogP contribution in [0.1, 0.15) is 53.8 Å². The molecule has 1 atom stereocenters. The molecule has 1 unspecified atom stereocenters. The van der Waals surface area contributed by atoms with Crippen molar-refractivity contribution in [3.8, 4) is 0 Å². The first kappa shape index (κ1) is 15.0. The number of hydrogen-bond acceptors (Lipinski definition) is 1. The van der Waals surface area contributed by atoms with Crippen molar-refractivity contribution in [1.82, 2.24) is 4.98 Å². The summed E-state index contributed by atoms with van der Waals surface area (Å²) in [7, 11) is 0. The summed E-state index contributed by atoms with van der Waals surface area (Å²) < 4.78 is 1.18. The summed E-state index contributed by atoms with van der Waals surface area (Å²) in [5, 5.41) is 2.98. The molecule has 1 aromatic heterocycles. The molecule has 0 bridgehead atoms. The topological polar surface area (TPSA) is 44.9 Å². The number of hydrogen-bond donors (Lipinski definition) is 2. The summed E-state index contributed by atoms with van der Waals surface area (Å²) in [5.41, 5.74) is 7.70. The molecule has 0 radical (unpaired) electrons. The van der Waals surface area contributed by atoms with Gasteiger partial charge in [-0.1, -0.05) is 6.92 Å². The van der Waals surface area contributed by atoms with Gasteiger partial charge in [0.25, 0.3) is 5.91 Å². The lowest BCUT2D eigenvalue weighted by molar-refractivity contribution is -0.110. The van der Waals surface area contributed by atoms with Gasteiger partial charge in [-0.05, 0) is 90.1 Å². The Labute approximate surface area is 149 Å². The van der Waals surface area contributed by atoms with Gasteiger partial charge in [0, 0.05) is 26.2 Å². The van der Waals surface area contributed by atoms with Crippen molar-refractivity contribution in [3.05, 3.63) is 49.8 Å². The average Bonchev–Trinajstić information content (AvgIpc) is 3.06. The molecule has 23 heavy (non-hydrogen) atoms. The Balaban J connectivity index is 1.82. The van der Waals surface area contributed by atoms with Crippen LogP contribution in [0.15, 0.2) is 18.2 Å². The molecule has 2 N–H and O–H groups in total. The van der Waals surface area contributed by atoms with Crippen LogP contribution >= 0.6 is 22.6 Å². The first-order chi connectivity index (χ1) is 11.0. The standard InChI is InChI=1S/C19H19IN2O/c1-10-4-3-5-16-13(10)8-12(21-16)9-14-18-11(2)15(20)6-7-17(18)22-19(14)23/h6-10,21H,3-5H2,1-2H3,(H,22,23). The van der Waals surface area contributed by atoms with Crippen molar-refractivity contribution < 1.29 is 4.79 Å². The van der Waals surface area contributed by atoms with Gasteiger partial charge in [-0.15, -0.1) is 0 Å². The fourth-order valence-corrected chi connectivity index (χ4v) is 4.19. The maximum absolute atomic E-state index is 12.4. The first-order valence-electron chi connectivity index (χ1n) is 8.09.